The third-order valence-electron chi connectivity index (χ3n) is 5.07. The van der Waals surface area contributed by atoms with E-state index in [0.717, 1.165) is 19.4 Å². The molecule has 1 amide bonds. The Bertz CT molecular complexity index is 385. The van der Waals surface area contributed by atoms with Gasteiger partial charge in [0.05, 0.1) is 12.0 Å². The fraction of sp³-hybridized carbons (Fsp3) is 0.833. The van der Waals surface area contributed by atoms with Crippen molar-refractivity contribution in [2.24, 2.45) is 5.92 Å². The lowest BCUT2D eigenvalue weighted by Gasteiger charge is -2.40. The molecular formula is C18H35NO2Si. The topological polar surface area (TPSA) is 38.3 Å². The van der Waals surface area contributed by atoms with E-state index in [2.05, 4.69) is 51.3 Å². The van der Waals surface area contributed by atoms with Gasteiger partial charge in [-0.05, 0) is 37.4 Å². The Labute approximate surface area is 138 Å². The number of carbonyl (C=O) groups is 1. The minimum absolute atomic E-state index is 0.111. The lowest BCUT2D eigenvalue weighted by atomic mass is 10.0. The minimum Gasteiger partial charge on any atom is -0.410 e. The van der Waals surface area contributed by atoms with E-state index in [1.165, 1.54) is 19.3 Å². The molecule has 128 valence electrons. The molecule has 0 saturated carbocycles. The van der Waals surface area contributed by atoms with E-state index in [4.69, 9.17) is 4.43 Å². The van der Waals surface area contributed by atoms with E-state index < -0.39 is 8.32 Å². The van der Waals surface area contributed by atoms with Crippen molar-refractivity contribution in [2.75, 3.05) is 6.54 Å². The van der Waals surface area contributed by atoms with Gasteiger partial charge in [0.1, 0.15) is 0 Å². The first kappa shape index (κ1) is 19.4. The lowest BCUT2D eigenvalue weighted by Crippen LogP contribution is -2.47. The van der Waals surface area contributed by atoms with Crippen molar-refractivity contribution in [3.63, 3.8) is 0 Å². The van der Waals surface area contributed by atoms with E-state index in [-0.39, 0.29) is 23.0 Å². The maximum atomic E-state index is 12.4. The van der Waals surface area contributed by atoms with Crippen LogP contribution < -0.4 is 5.32 Å². The van der Waals surface area contributed by atoms with Crippen LogP contribution in [-0.4, -0.2) is 26.9 Å². The monoisotopic (exact) mass is 325 g/mol. The van der Waals surface area contributed by atoms with Gasteiger partial charge >= 0.3 is 0 Å². The molecule has 0 radical (unpaired) electrons. The first-order chi connectivity index (χ1) is 10.1. The molecule has 0 aromatic carbocycles. The molecule has 0 aromatic heterocycles. The van der Waals surface area contributed by atoms with Crippen LogP contribution in [0.5, 0.6) is 0 Å². The van der Waals surface area contributed by atoms with Gasteiger partial charge in [0, 0.05) is 6.54 Å². The highest BCUT2D eigenvalue weighted by molar-refractivity contribution is 6.74. The average Bonchev–Trinajstić information content (AvgIpc) is 2.40. The Morgan fingerprint density at radius 3 is 2.45 bits per heavy atom. The van der Waals surface area contributed by atoms with Crippen LogP contribution in [0, 0.1) is 5.92 Å². The van der Waals surface area contributed by atoms with Crippen molar-refractivity contribution in [3.8, 4) is 0 Å². The number of nitrogens with one attached hydrogen (secondary N) is 1. The zero-order chi connectivity index (χ0) is 16.8. The van der Waals surface area contributed by atoms with Crippen LogP contribution in [-0.2, 0) is 9.22 Å². The molecule has 22 heavy (non-hydrogen) atoms. The third kappa shape index (κ3) is 5.88. The predicted molar refractivity (Wildman–Crippen MR) is 96.5 cm³/mol. The van der Waals surface area contributed by atoms with Gasteiger partial charge in [-0.2, -0.15) is 0 Å². The number of hydrogen-bond donors (Lipinski definition) is 1. The van der Waals surface area contributed by atoms with Crippen LogP contribution in [0.4, 0.5) is 0 Å². The smallest absolute Gasteiger partial charge is 0.225 e. The summed E-state index contributed by atoms with van der Waals surface area (Å²) in [4.78, 5) is 12.4. The summed E-state index contributed by atoms with van der Waals surface area (Å²) in [6.45, 7) is 14.0. The molecule has 1 rings (SSSR count). The number of allylic oxidation sites excluding steroid dienone is 1. The van der Waals surface area contributed by atoms with Crippen molar-refractivity contribution in [1.29, 1.82) is 0 Å². The molecule has 1 aliphatic rings. The molecule has 1 N–H and O–H groups in total. The molecule has 0 aromatic rings. The van der Waals surface area contributed by atoms with Gasteiger partial charge in [-0.15, -0.1) is 0 Å². The molecular weight excluding hydrogens is 290 g/mol. The van der Waals surface area contributed by atoms with Crippen LogP contribution >= 0.6 is 0 Å². The molecule has 0 aliphatic carbocycles. The molecule has 4 heteroatoms. The number of hydrogen-bond acceptors (Lipinski definition) is 2. The second kappa shape index (κ2) is 8.30. The standard InChI is InChI=1S/C18H35NO2Si/c1-15-16(21-22(5,6)18(2,3)4)13-11-9-7-8-10-12-14-19-17(15)20/h11,13,15-16H,7-10,12,14H2,1-6H3,(H,19,20)/b13-11+/t15-,16+/m1/s1. The van der Waals surface area contributed by atoms with Crippen molar-refractivity contribution in [1.82, 2.24) is 5.32 Å². The minimum atomic E-state index is -1.89. The van der Waals surface area contributed by atoms with E-state index in [9.17, 15) is 4.79 Å². The second-order valence-electron chi connectivity index (χ2n) is 8.05. The van der Waals surface area contributed by atoms with Crippen molar-refractivity contribution >= 4 is 14.2 Å². The summed E-state index contributed by atoms with van der Waals surface area (Å²) < 4.78 is 6.52. The summed E-state index contributed by atoms with van der Waals surface area (Å²) in [5.41, 5.74) is 0. The molecule has 0 spiro atoms. The maximum absolute atomic E-state index is 12.4. The quantitative estimate of drug-likeness (QED) is 0.593. The molecule has 0 saturated heterocycles. The molecule has 0 bridgehead atoms. The Morgan fingerprint density at radius 2 is 1.82 bits per heavy atom. The second-order valence-corrected chi connectivity index (χ2v) is 12.8. The van der Waals surface area contributed by atoms with E-state index in [1.807, 2.05) is 6.92 Å². The van der Waals surface area contributed by atoms with Gasteiger partial charge in [0.2, 0.25) is 5.91 Å². The van der Waals surface area contributed by atoms with Crippen molar-refractivity contribution < 1.29 is 9.22 Å². The van der Waals surface area contributed by atoms with Crippen LogP contribution in [0.3, 0.4) is 0 Å². The molecule has 0 fully saturated rings. The number of rotatable bonds is 2. The molecule has 2 atom stereocenters. The van der Waals surface area contributed by atoms with E-state index in [0.29, 0.717) is 0 Å². The highest BCUT2D eigenvalue weighted by atomic mass is 28.4. The maximum Gasteiger partial charge on any atom is 0.225 e. The van der Waals surface area contributed by atoms with Crippen LogP contribution in [0.1, 0.15) is 59.8 Å². The zero-order valence-electron chi connectivity index (χ0n) is 15.4. The highest BCUT2D eigenvalue weighted by Gasteiger charge is 2.40. The summed E-state index contributed by atoms with van der Waals surface area (Å²) in [7, 11) is -1.89. The van der Waals surface area contributed by atoms with Crippen molar-refractivity contribution in [3.05, 3.63) is 12.2 Å². The van der Waals surface area contributed by atoms with Crippen LogP contribution in [0.25, 0.3) is 0 Å². The van der Waals surface area contributed by atoms with Crippen LogP contribution in [0.2, 0.25) is 18.1 Å². The third-order valence-corrected chi connectivity index (χ3v) is 9.54. The Kier molecular flexibility index (Phi) is 7.33. The SMILES string of the molecule is C[C@H]1C(=O)NCCCCCC/C=C/[C@@H]1O[Si](C)(C)C(C)(C)C. The highest BCUT2D eigenvalue weighted by Crippen LogP contribution is 2.38. The molecule has 1 aliphatic heterocycles. The van der Waals surface area contributed by atoms with Gasteiger partial charge in [-0.3, -0.25) is 4.79 Å². The largest absolute Gasteiger partial charge is 0.410 e. The first-order valence-corrected chi connectivity index (χ1v) is 11.7. The van der Waals surface area contributed by atoms with Gasteiger partial charge < -0.3 is 9.74 Å². The normalized spacial score (nSPS) is 27.5. The van der Waals surface area contributed by atoms with Gasteiger partial charge in [-0.1, -0.05) is 52.7 Å². The number of amides is 1. The van der Waals surface area contributed by atoms with Crippen LogP contribution in [0.15, 0.2) is 12.2 Å². The summed E-state index contributed by atoms with van der Waals surface area (Å²) in [5.74, 6) is -0.0151. The predicted octanol–water partition coefficient (Wildman–Crippen LogP) is 4.65. The zero-order valence-corrected chi connectivity index (χ0v) is 16.4. The van der Waals surface area contributed by atoms with Crippen molar-refractivity contribution in [2.45, 2.75) is 84.0 Å². The fourth-order valence-corrected chi connectivity index (χ4v) is 3.63. The van der Waals surface area contributed by atoms with Gasteiger partial charge in [0.25, 0.3) is 0 Å². The molecule has 1 heterocycles. The Balaban J connectivity index is 2.88. The Hall–Kier alpha value is -0.613. The lowest BCUT2D eigenvalue weighted by molar-refractivity contribution is -0.126. The first-order valence-electron chi connectivity index (χ1n) is 8.77. The average molecular weight is 326 g/mol. The fourth-order valence-electron chi connectivity index (χ4n) is 2.32. The summed E-state index contributed by atoms with van der Waals surface area (Å²) in [6, 6.07) is 0. The van der Waals surface area contributed by atoms with E-state index >= 15 is 0 Å². The van der Waals surface area contributed by atoms with Gasteiger partial charge in [-0.25, -0.2) is 0 Å². The molecule has 0 unspecified atom stereocenters. The molecule has 3 nitrogen and oxygen atoms in total. The summed E-state index contributed by atoms with van der Waals surface area (Å²) in [6.07, 6.45) is 10.1. The summed E-state index contributed by atoms with van der Waals surface area (Å²) in [5, 5.41) is 3.22. The van der Waals surface area contributed by atoms with E-state index in [1.54, 1.807) is 0 Å². The summed E-state index contributed by atoms with van der Waals surface area (Å²) >= 11 is 0. The number of carbonyl (C=O) groups excluding carboxylic acids is 1. The van der Waals surface area contributed by atoms with Gasteiger partial charge in [0.15, 0.2) is 8.32 Å². The Morgan fingerprint density at radius 1 is 1.18 bits per heavy atom.